The van der Waals surface area contributed by atoms with E-state index >= 15 is 4.39 Å². The highest BCUT2D eigenvalue weighted by atomic mass is 35.5. The van der Waals surface area contributed by atoms with Crippen LogP contribution in [0.2, 0.25) is 15.1 Å². The standard InChI is InChI=1S/C32H30Cl3FN2O3/c1-31(2,3)41-25(39)12-11-18-7-6-8-24-26(18)21(17-9-10-17)16-38(24)30(40)28-20(15-37-29(28)32(4,5)36)27-22(34)13-19(33)14-23(27)35/h6-8,11-17,37H,9-10H2,1-5H3/b12-11+. The summed E-state index contributed by atoms with van der Waals surface area (Å²) in [6.45, 7) is 8.19. The molecule has 0 spiro atoms. The summed E-state index contributed by atoms with van der Waals surface area (Å²) in [5.41, 5.74) is 0.918. The number of nitrogens with one attached hydrogen (secondary N) is 1. The van der Waals surface area contributed by atoms with Gasteiger partial charge in [0, 0.05) is 40.0 Å². The van der Waals surface area contributed by atoms with Crippen molar-refractivity contribution in [2.24, 2.45) is 0 Å². The number of ether oxygens (including phenoxy) is 1. The fraction of sp³-hybridized carbons (Fsp3) is 0.312. The zero-order valence-corrected chi connectivity index (χ0v) is 25.6. The van der Waals surface area contributed by atoms with Crippen LogP contribution in [0.4, 0.5) is 4.39 Å². The van der Waals surface area contributed by atoms with E-state index < -0.39 is 23.1 Å². The molecule has 214 valence electrons. The molecule has 2 heterocycles. The number of benzene rings is 2. The number of nitrogens with zero attached hydrogens (tertiary/aromatic N) is 1. The molecule has 2 aromatic heterocycles. The van der Waals surface area contributed by atoms with E-state index in [1.165, 1.54) is 32.1 Å². The molecule has 5 rings (SSSR count). The molecule has 1 saturated carbocycles. The van der Waals surface area contributed by atoms with Crippen molar-refractivity contribution in [3.05, 3.63) is 86.3 Å². The second kappa shape index (κ2) is 10.6. The van der Waals surface area contributed by atoms with E-state index in [9.17, 15) is 9.59 Å². The van der Waals surface area contributed by atoms with Gasteiger partial charge < -0.3 is 9.72 Å². The van der Waals surface area contributed by atoms with E-state index in [1.807, 2.05) is 45.2 Å². The van der Waals surface area contributed by atoms with Crippen molar-refractivity contribution in [2.75, 3.05) is 0 Å². The summed E-state index contributed by atoms with van der Waals surface area (Å²) in [6, 6.07) is 8.63. The Hall–Kier alpha value is -3.06. The van der Waals surface area contributed by atoms with Gasteiger partial charge in [-0.1, -0.05) is 46.9 Å². The van der Waals surface area contributed by atoms with Gasteiger partial charge in [0.1, 0.15) is 11.3 Å². The largest absolute Gasteiger partial charge is 0.457 e. The molecule has 1 N–H and O–H groups in total. The first kappa shape index (κ1) is 29.4. The van der Waals surface area contributed by atoms with Crippen molar-refractivity contribution in [3.8, 4) is 11.1 Å². The molecule has 0 bridgehead atoms. The van der Waals surface area contributed by atoms with Crippen molar-refractivity contribution in [2.45, 2.75) is 64.6 Å². The lowest BCUT2D eigenvalue weighted by Gasteiger charge is -2.18. The van der Waals surface area contributed by atoms with Crippen molar-refractivity contribution in [1.29, 1.82) is 0 Å². The predicted molar refractivity (Wildman–Crippen MR) is 164 cm³/mol. The third kappa shape index (κ3) is 5.97. The number of aromatic nitrogens is 2. The van der Waals surface area contributed by atoms with Gasteiger partial charge in [0.2, 0.25) is 0 Å². The normalized spacial score (nSPS) is 14.3. The summed E-state index contributed by atoms with van der Waals surface area (Å²) >= 11 is 19.2. The minimum Gasteiger partial charge on any atom is -0.457 e. The molecule has 1 fully saturated rings. The number of rotatable bonds is 6. The topological polar surface area (TPSA) is 64.1 Å². The molecule has 4 aromatic rings. The molecule has 2 aromatic carbocycles. The van der Waals surface area contributed by atoms with Crippen LogP contribution in [0.15, 0.2) is 48.8 Å². The Bertz CT molecular complexity index is 1690. The number of carbonyl (C=O) groups excluding carboxylic acids is 2. The Morgan fingerprint density at radius 3 is 2.32 bits per heavy atom. The van der Waals surface area contributed by atoms with Gasteiger partial charge in [-0.3, -0.25) is 9.36 Å². The maximum absolute atomic E-state index is 15.5. The zero-order chi connectivity index (χ0) is 29.9. The quantitative estimate of drug-likeness (QED) is 0.173. The third-order valence-corrected chi connectivity index (χ3v) is 7.71. The maximum Gasteiger partial charge on any atom is 0.331 e. The number of alkyl halides is 1. The Kier molecular flexibility index (Phi) is 7.64. The molecule has 0 unspecified atom stereocenters. The highest BCUT2D eigenvalue weighted by molar-refractivity contribution is 6.42. The van der Waals surface area contributed by atoms with Gasteiger partial charge in [0.15, 0.2) is 0 Å². The van der Waals surface area contributed by atoms with Gasteiger partial charge in [0.05, 0.1) is 26.8 Å². The highest BCUT2D eigenvalue weighted by Gasteiger charge is 2.35. The maximum atomic E-state index is 15.5. The monoisotopic (exact) mass is 614 g/mol. The number of fused-ring (bicyclic) bond motifs is 1. The van der Waals surface area contributed by atoms with Crippen LogP contribution < -0.4 is 0 Å². The van der Waals surface area contributed by atoms with E-state index in [0.29, 0.717) is 21.7 Å². The summed E-state index contributed by atoms with van der Waals surface area (Å²) in [5.74, 6) is -0.610. The van der Waals surface area contributed by atoms with Crippen molar-refractivity contribution >= 4 is 63.7 Å². The van der Waals surface area contributed by atoms with Crippen LogP contribution in [0.1, 0.15) is 80.6 Å². The number of hydrogen-bond acceptors (Lipinski definition) is 3. The van der Waals surface area contributed by atoms with Crippen LogP contribution in [0.25, 0.3) is 28.1 Å². The van der Waals surface area contributed by atoms with Gasteiger partial charge in [-0.05, 0) is 88.8 Å². The Labute approximate surface area is 253 Å². The molecule has 1 aliphatic rings. The first-order valence-electron chi connectivity index (χ1n) is 13.3. The number of carbonyl (C=O) groups is 2. The Morgan fingerprint density at radius 2 is 1.73 bits per heavy atom. The SMILES string of the molecule is CC(C)(C)OC(=O)/C=C/c1cccc2c1c(C1CC1)cn2C(=O)c1c(-c2c(Cl)cc(Cl)cc2Cl)c[nH]c1C(C)(C)F. The van der Waals surface area contributed by atoms with E-state index in [0.717, 1.165) is 29.4 Å². The summed E-state index contributed by atoms with van der Waals surface area (Å²) in [6.07, 6.45) is 8.47. The van der Waals surface area contributed by atoms with Crippen LogP contribution in [0.5, 0.6) is 0 Å². The fourth-order valence-corrected chi connectivity index (χ4v) is 6.10. The zero-order valence-electron chi connectivity index (χ0n) is 23.4. The van der Waals surface area contributed by atoms with Gasteiger partial charge >= 0.3 is 5.97 Å². The van der Waals surface area contributed by atoms with Crippen LogP contribution in [-0.2, 0) is 15.2 Å². The smallest absolute Gasteiger partial charge is 0.331 e. The lowest BCUT2D eigenvalue weighted by molar-refractivity contribution is -0.148. The molecule has 0 amide bonds. The predicted octanol–water partition coefficient (Wildman–Crippen LogP) is 9.72. The molecule has 1 aliphatic carbocycles. The van der Waals surface area contributed by atoms with E-state index in [2.05, 4.69) is 4.98 Å². The Morgan fingerprint density at radius 1 is 1.07 bits per heavy atom. The average molecular weight is 616 g/mol. The molecular formula is C32H30Cl3FN2O3. The van der Waals surface area contributed by atoms with Gasteiger partial charge in [-0.15, -0.1) is 0 Å². The number of halogens is 4. The number of esters is 1. The Balaban J connectivity index is 1.69. The lowest BCUT2D eigenvalue weighted by atomic mass is 9.96. The highest BCUT2D eigenvalue weighted by Crippen LogP contribution is 2.46. The average Bonchev–Trinajstić information content (AvgIpc) is 3.46. The van der Waals surface area contributed by atoms with Crippen molar-refractivity contribution in [3.63, 3.8) is 0 Å². The van der Waals surface area contributed by atoms with Gasteiger partial charge in [-0.2, -0.15) is 0 Å². The summed E-state index contributed by atoms with van der Waals surface area (Å²) in [4.78, 5) is 29.8. The third-order valence-electron chi connectivity index (χ3n) is 6.90. The van der Waals surface area contributed by atoms with Crippen LogP contribution in [0, 0.1) is 0 Å². The molecule has 0 aliphatic heterocycles. The first-order valence-corrected chi connectivity index (χ1v) is 14.4. The first-order chi connectivity index (χ1) is 19.2. The molecule has 0 saturated heterocycles. The summed E-state index contributed by atoms with van der Waals surface area (Å²) < 4.78 is 22.5. The molecule has 41 heavy (non-hydrogen) atoms. The van der Waals surface area contributed by atoms with Gasteiger partial charge in [-0.25, -0.2) is 9.18 Å². The summed E-state index contributed by atoms with van der Waals surface area (Å²) in [7, 11) is 0. The van der Waals surface area contributed by atoms with Crippen LogP contribution in [0.3, 0.4) is 0 Å². The van der Waals surface area contributed by atoms with E-state index in [1.54, 1.807) is 16.8 Å². The molecule has 0 radical (unpaired) electrons. The molecule has 0 atom stereocenters. The van der Waals surface area contributed by atoms with Gasteiger partial charge in [0.25, 0.3) is 5.91 Å². The molecular weight excluding hydrogens is 586 g/mol. The van der Waals surface area contributed by atoms with E-state index in [-0.39, 0.29) is 27.2 Å². The minimum absolute atomic E-state index is 0.107. The number of hydrogen-bond donors (Lipinski definition) is 1. The molecule has 9 heteroatoms. The van der Waals surface area contributed by atoms with Crippen LogP contribution in [-0.4, -0.2) is 27.0 Å². The molecule has 5 nitrogen and oxygen atoms in total. The second-order valence-electron chi connectivity index (χ2n) is 11.8. The number of H-pyrrole nitrogens is 1. The van der Waals surface area contributed by atoms with E-state index in [4.69, 9.17) is 39.5 Å². The minimum atomic E-state index is -1.88. The van der Waals surface area contributed by atoms with Crippen molar-refractivity contribution in [1.82, 2.24) is 9.55 Å². The second-order valence-corrected chi connectivity index (χ2v) is 13.1. The van der Waals surface area contributed by atoms with Crippen molar-refractivity contribution < 1.29 is 18.7 Å². The number of aromatic amines is 1. The summed E-state index contributed by atoms with van der Waals surface area (Å²) in [5, 5.41) is 1.69. The fourth-order valence-electron chi connectivity index (χ4n) is 5.08. The lowest BCUT2D eigenvalue weighted by Crippen LogP contribution is -2.22. The van der Waals surface area contributed by atoms with Crippen LogP contribution >= 0.6 is 34.8 Å².